The van der Waals surface area contributed by atoms with Crippen molar-refractivity contribution in [2.75, 3.05) is 19.6 Å². The summed E-state index contributed by atoms with van der Waals surface area (Å²) in [5.74, 6) is 0. The van der Waals surface area contributed by atoms with Crippen LogP contribution in [0.2, 0.25) is 0 Å². The maximum absolute atomic E-state index is 12.2. The van der Waals surface area contributed by atoms with Gasteiger partial charge in [0.2, 0.25) is 0 Å². The maximum atomic E-state index is 12.2. The van der Waals surface area contributed by atoms with Crippen molar-refractivity contribution in [2.45, 2.75) is 44.4 Å². The highest BCUT2D eigenvalue weighted by Crippen LogP contribution is 2.24. The third kappa shape index (κ3) is 5.32. The highest BCUT2D eigenvalue weighted by Gasteiger charge is 2.28. The Labute approximate surface area is 124 Å². The third-order valence-electron chi connectivity index (χ3n) is 4.06. The summed E-state index contributed by atoms with van der Waals surface area (Å²) in [5, 5.41) is 3.51. The van der Waals surface area contributed by atoms with Crippen LogP contribution in [-0.2, 0) is 0 Å². The average molecular weight is 300 g/mol. The van der Waals surface area contributed by atoms with Crippen LogP contribution in [0, 0.1) is 0 Å². The second-order valence-electron chi connectivity index (χ2n) is 5.79. The van der Waals surface area contributed by atoms with Crippen LogP contribution in [0.15, 0.2) is 30.3 Å². The van der Waals surface area contributed by atoms with Crippen molar-refractivity contribution in [3.05, 3.63) is 35.9 Å². The first kappa shape index (κ1) is 16.3. The fourth-order valence-electron chi connectivity index (χ4n) is 2.78. The zero-order chi connectivity index (χ0) is 15.3. The van der Waals surface area contributed by atoms with Crippen LogP contribution in [0.1, 0.15) is 37.8 Å². The first-order valence-electron chi connectivity index (χ1n) is 7.55. The van der Waals surface area contributed by atoms with Gasteiger partial charge in [-0.05, 0) is 31.9 Å². The molecule has 0 amide bonds. The van der Waals surface area contributed by atoms with Gasteiger partial charge in [0.05, 0.1) is 0 Å². The Morgan fingerprint density at radius 2 is 1.90 bits per heavy atom. The molecule has 0 aromatic heterocycles. The molecular formula is C16H23F3N2. The Bertz CT molecular complexity index is 419. The molecule has 1 saturated heterocycles. The van der Waals surface area contributed by atoms with Gasteiger partial charge in [-0.15, -0.1) is 0 Å². The second-order valence-corrected chi connectivity index (χ2v) is 5.79. The number of nitrogens with one attached hydrogen (secondary N) is 1. The van der Waals surface area contributed by atoms with Gasteiger partial charge < -0.3 is 5.32 Å². The first-order chi connectivity index (χ1) is 9.96. The smallest absolute Gasteiger partial charge is 0.307 e. The lowest BCUT2D eigenvalue weighted by atomic mass is 10.0. The van der Waals surface area contributed by atoms with Gasteiger partial charge in [-0.25, -0.2) is 0 Å². The highest BCUT2D eigenvalue weighted by atomic mass is 19.4. The molecule has 2 atom stereocenters. The van der Waals surface area contributed by atoms with Gasteiger partial charge in [-0.1, -0.05) is 30.3 Å². The number of benzene rings is 1. The molecule has 1 heterocycles. The van der Waals surface area contributed by atoms with E-state index in [0.717, 1.165) is 19.6 Å². The number of unbranched alkanes of at least 4 members (excludes halogenated alkanes) is 1. The molecule has 0 saturated carbocycles. The van der Waals surface area contributed by atoms with E-state index in [1.165, 1.54) is 5.56 Å². The lowest BCUT2D eigenvalue weighted by molar-refractivity contribution is -0.135. The third-order valence-corrected chi connectivity index (χ3v) is 4.06. The summed E-state index contributed by atoms with van der Waals surface area (Å²) in [5.41, 5.74) is 1.24. The molecule has 5 heteroatoms. The molecule has 1 aromatic rings. The summed E-state index contributed by atoms with van der Waals surface area (Å²) >= 11 is 0. The molecule has 0 aliphatic carbocycles. The lowest BCUT2D eigenvalue weighted by Gasteiger charge is -2.39. The predicted molar refractivity (Wildman–Crippen MR) is 78.1 cm³/mol. The number of halogens is 3. The zero-order valence-corrected chi connectivity index (χ0v) is 12.4. The largest absolute Gasteiger partial charge is 0.389 e. The molecule has 1 N–H and O–H groups in total. The van der Waals surface area contributed by atoms with Crippen molar-refractivity contribution < 1.29 is 13.2 Å². The maximum Gasteiger partial charge on any atom is 0.389 e. The van der Waals surface area contributed by atoms with Crippen molar-refractivity contribution in [1.82, 2.24) is 10.2 Å². The van der Waals surface area contributed by atoms with Crippen molar-refractivity contribution >= 4 is 0 Å². The molecule has 21 heavy (non-hydrogen) atoms. The van der Waals surface area contributed by atoms with Crippen LogP contribution in [0.3, 0.4) is 0 Å². The van der Waals surface area contributed by atoms with Crippen LogP contribution < -0.4 is 5.32 Å². The minimum Gasteiger partial charge on any atom is -0.307 e. The van der Waals surface area contributed by atoms with Crippen molar-refractivity contribution in [1.29, 1.82) is 0 Å². The van der Waals surface area contributed by atoms with E-state index in [1.807, 2.05) is 18.2 Å². The molecule has 1 aliphatic heterocycles. The van der Waals surface area contributed by atoms with Gasteiger partial charge in [-0.2, -0.15) is 13.2 Å². The van der Waals surface area contributed by atoms with E-state index in [-0.39, 0.29) is 12.5 Å². The summed E-state index contributed by atoms with van der Waals surface area (Å²) in [4.78, 5) is 2.30. The number of hydrogen-bond acceptors (Lipinski definition) is 2. The topological polar surface area (TPSA) is 15.3 Å². The number of alkyl halides is 3. The number of rotatable bonds is 5. The fourth-order valence-corrected chi connectivity index (χ4v) is 2.78. The van der Waals surface area contributed by atoms with Crippen LogP contribution in [0.5, 0.6) is 0 Å². The second kappa shape index (κ2) is 7.27. The minimum atomic E-state index is -4.03. The van der Waals surface area contributed by atoms with E-state index in [4.69, 9.17) is 0 Å². The normalized spacial score (nSPS) is 24.2. The molecule has 1 fully saturated rings. The van der Waals surface area contributed by atoms with Gasteiger partial charge in [0, 0.05) is 31.6 Å². The van der Waals surface area contributed by atoms with E-state index < -0.39 is 12.6 Å². The fraction of sp³-hybridized carbons (Fsp3) is 0.625. The number of hydrogen-bond donors (Lipinski definition) is 1. The molecule has 1 aliphatic rings. The van der Waals surface area contributed by atoms with Gasteiger partial charge in [0.25, 0.3) is 0 Å². The molecule has 118 valence electrons. The molecule has 2 nitrogen and oxygen atoms in total. The SMILES string of the molecule is CC1CNC(c2ccccc2)CN1CCCCC(F)(F)F. The van der Waals surface area contributed by atoms with Crippen LogP contribution >= 0.6 is 0 Å². The molecule has 0 spiro atoms. The molecule has 2 unspecified atom stereocenters. The van der Waals surface area contributed by atoms with Gasteiger partial charge in [0.1, 0.15) is 0 Å². The zero-order valence-electron chi connectivity index (χ0n) is 12.4. The molecule has 0 bridgehead atoms. The average Bonchev–Trinajstić information content (AvgIpc) is 2.45. The van der Waals surface area contributed by atoms with Gasteiger partial charge in [-0.3, -0.25) is 4.90 Å². The Hall–Kier alpha value is -1.07. The summed E-state index contributed by atoms with van der Waals surface area (Å²) < 4.78 is 36.5. The van der Waals surface area contributed by atoms with Crippen molar-refractivity contribution in [3.63, 3.8) is 0 Å². The summed E-state index contributed by atoms with van der Waals surface area (Å²) in [6.45, 7) is 4.59. The summed E-state index contributed by atoms with van der Waals surface area (Å²) in [6, 6.07) is 10.8. The predicted octanol–water partition coefficient (Wildman–Crippen LogP) is 3.75. The first-order valence-corrected chi connectivity index (χ1v) is 7.55. The monoisotopic (exact) mass is 300 g/mol. The highest BCUT2D eigenvalue weighted by molar-refractivity contribution is 5.20. The molecule has 1 aromatic carbocycles. The van der Waals surface area contributed by atoms with Crippen LogP contribution in [-0.4, -0.2) is 36.8 Å². The van der Waals surface area contributed by atoms with E-state index in [9.17, 15) is 13.2 Å². The van der Waals surface area contributed by atoms with Crippen molar-refractivity contribution in [2.24, 2.45) is 0 Å². The standard InChI is InChI=1S/C16H23F3N2/c1-13-11-20-15(14-7-3-2-4-8-14)12-21(13)10-6-5-9-16(17,18)19/h2-4,7-8,13,15,20H,5-6,9-12H2,1H3. The van der Waals surface area contributed by atoms with E-state index in [1.54, 1.807) is 0 Å². The molecule has 0 radical (unpaired) electrons. The lowest BCUT2D eigenvalue weighted by Crippen LogP contribution is -2.51. The van der Waals surface area contributed by atoms with Crippen LogP contribution in [0.25, 0.3) is 0 Å². The van der Waals surface area contributed by atoms with Gasteiger partial charge >= 0.3 is 6.18 Å². The number of piperazine rings is 1. The number of nitrogens with zero attached hydrogens (tertiary/aromatic N) is 1. The summed E-state index contributed by atoms with van der Waals surface area (Å²) in [7, 11) is 0. The minimum absolute atomic E-state index is 0.218. The van der Waals surface area contributed by atoms with E-state index in [2.05, 4.69) is 29.3 Å². The van der Waals surface area contributed by atoms with Gasteiger partial charge in [0.15, 0.2) is 0 Å². The quantitative estimate of drug-likeness (QED) is 0.833. The van der Waals surface area contributed by atoms with Crippen LogP contribution in [0.4, 0.5) is 13.2 Å². The van der Waals surface area contributed by atoms with E-state index >= 15 is 0 Å². The molecule has 2 rings (SSSR count). The van der Waals surface area contributed by atoms with Crippen molar-refractivity contribution in [3.8, 4) is 0 Å². The summed E-state index contributed by atoms with van der Waals surface area (Å²) in [6.07, 6.45) is -3.88. The Morgan fingerprint density at radius 1 is 1.19 bits per heavy atom. The Balaban J connectivity index is 1.81. The molecular weight excluding hydrogens is 277 g/mol. The Kier molecular flexibility index (Phi) is 5.65. The van der Waals surface area contributed by atoms with E-state index in [0.29, 0.717) is 12.5 Å². The Morgan fingerprint density at radius 3 is 2.57 bits per heavy atom.